The zero-order valence-corrected chi connectivity index (χ0v) is 11.4. The lowest BCUT2D eigenvalue weighted by molar-refractivity contribution is 0.993. The predicted molar refractivity (Wildman–Crippen MR) is 72.8 cm³/mol. The number of hydrogen-bond donors (Lipinski definition) is 2. The van der Waals surface area contributed by atoms with Crippen LogP contribution in [0.15, 0.2) is 22.0 Å². The van der Waals surface area contributed by atoms with Crippen LogP contribution in [0.3, 0.4) is 0 Å². The monoisotopic (exact) mass is 310 g/mol. The number of nitrogen functional groups attached to an aromatic ring is 1. The molecular formula is C11H11BrN4S. The van der Waals surface area contributed by atoms with Crippen LogP contribution in [0.4, 0.5) is 5.82 Å². The second-order valence-corrected chi connectivity index (χ2v) is 5.88. The second-order valence-electron chi connectivity index (χ2n) is 4.05. The van der Waals surface area contributed by atoms with Crippen molar-refractivity contribution >= 4 is 33.1 Å². The molecule has 0 aliphatic heterocycles. The van der Waals surface area contributed by atoms with Crippen molar-refractivity contribution in [2.24, 2.45) is 5.84 Å². The summed E-state index contributed by atoms with van der Waals surface area (Å²) in [7, 11) is 0. The van der Waals surface area contributed by atoms with Gasteiger partial charge in [-0.05, 0) is 34.8 Å². The van der Waals surface area contributed by atoms with Gasteiger partial charge in [-0.3, -0.25) is 0 Å². The van der Waals surface area contributed by atoms with E-state index in [2.05, 4.69) is 31.3 Å². The summed E-state index contributed by atoms with van der Waals surface area (Å²) in [5, 5.41) is 2.03. The number of hydrogen-bond acceptors (Lipinski definition) is 5. The number of aromatic nitrogens is 2. The van der Waals surface area contributed by atoms with E-state index in [9.17, 15) is 0 Å². The van der Waals surface area contributed by atoms with Gasteiger partial charge >= 0.3 is 0 Å². The lowest BCUT2D eigenvalue weighted by Crippen LogP contribution is -2.10. The van der Waals surface area contributed by atoms with Crippen molar-refractivity contribution < 1.29 is 0 Å². The third-order valence-corrected chi connectivity index (χ3v) is 4.36. The number of halogens is 1. The highest BCUT2D eigenvalue weighted by molar-refractivity contribution is 9.10. The maximum Gasteiger partial charge on any atom is 0.171 e. The van der Waals surface area contributed by atoms with Gasteiger partial charge in [-0.25, -0.2) is 15.8 Å². The maximum absolute atomic E-state index is 5.45. The van der Waals surface area contributed by atoms with Crippen LogP contribution in [0.25, 0.3) is 10.7 Å². The molecule has 3 N–H and O–H groups in total. The highest BCUT2D eigenvalue weighted by Gasteiger charge is 2.26. The molecule has 0 spiro atoms. The summed E-state index contributed by atoms with van der Waals surface area (Å²) < 4.78 is 1.06. The molecule has 88 valence electrons. The zero-order valence-electron chi connectivity index (χ0n) is 8.98. The Bertz CT molecular complexity index is 550. The van der Waals surface area contributed by atoms with Gasteiger partial charge in [0, 0.05) is 27.5 Å². The summed E-state index contributed by atoms with van der Waals surface area (Å²) in [4.78, 5) is 10.0. The van der Waals surface area contributed by atoms with E-state index >= 15 is 0 Å². The minimum absolute atomic E-state index is 0.590. The summed E-state index contributed by atoms with van der Waals surface area (Å²) >= 11 is 5.06. The van der Waals surface area contributed by atoms with E-state index < -0.39 is 0 Å². The van der Waals surface area contributed by atoms with Gasteiger partial charge in [-0.15, -0.1) is 11.3 Å². The van der Waals surface area contributed by atoms with Gasteiger partial charge in [0.15, 0.2) is 5.82 Å². The van der Waals surface area contributed by atoms with Crippen molar-refractivity contribution in [3.05, 3.63) is 27.7 Å². The molecule has 1 fully saturated rings. The summed E-state index contributed by atoms with van der Waals surface area (Å²) in [6.45, 7) is 0. The third kappa shape index (κ3) is 2.34. The fourth-order valence-electron chi connectivity index (χ4n) is 1.67. The molecule has 0 radical (unpaired) electrons. The Morgan fingerprint density at radius 2 is 2.18 bits per heavy atom. The van der Waals surface area contributed by atoms with Gasteiger partial charge in [0.1, 0.15) is 5.82 Å². The van der Waals surface area contributed by atoms with Crippen LogP contribution in [0.2, 0.25) is 0 Å². The van der Waals surface area contributed by atoms with Crippen molar-refractivity contribution in [3.8, 4) is 10.7 Å². The fraction of sp³-hybridized carbons (Fsp3) is 0.273. The van der Waals surface area contributed by atoms with Gasteiger partial charge in [0.25, 0.3) is 0 Å². The van der Waals surface area contributed by atoms with Crippen LogP contribution in [0.1, 0.15) is 24.5 Å². The molecule has 2 aromatic rings. The van der Waals surface area contributed by atoms with Crippen molar-refractivity contribution in [3.63, 3.8) is 0 Å². The maximum atomic E-state index is 5.45. The molecule has 0 atom stereocenters. The molecule has 1 aliphatic rings. The second kappa shape index (κ2) is 4.36. The Kier molecular flexibility index (Phi) is 2.85. The number of rotatable bonds is 3. The molecule has 2 aromatic heterocycles. The molecule has 0 saturated heterocycles. The van der Waals surface area contributed by atoms with Gasteiger partial charge in [-0.1, -0.05) is 0 Å². The molecule has 1 saturated carbocycles. The van der Waals surface area contributed by atoms with Crippen LogP contribution in [0.5, 0.6) is 0 Å². The number of thiophene rings is 1. The van der Waals surface area contributed by atoms with E-state index in [1.165, 1.54) is 12.8 Å². The molecule has 0 bridgehead atoms. The number of anilines is 1. The molecule has 1 aliphatic carbocycles. The third-order valence-electron chi connectivity index (χ3n) is 2.68. The minimum Gasteiger partial charge on any atom is -0.308 e. The van der Waals surface area contributed by atoms with Gasteiger partial charge < -0.3 is 5.43 Å². The number of nitrogens with two attached hydrogens (primary N) is 1. The molecular weight excluding hydrogens is 300 g/mol. The highest BCUT2D eigenvalue weighted by atomic mass is 79.9. The first-order valence-electron chi connectivity index (χ1n) is 5.36. The molecule has 0 unspecified atom stereocenters. The van der Waals surface area contributed by atoms with Crippen LogP contribution >= 0.6 is 27.3 Å². The van der Waals surface area contributed by atoms with E-state index in [1.807, 2.05) is 17.5 Å². The Morgan fingerprint density at radius 1 is 1.35 bits per heavy atom. The SMILES string of the molecule is NNc1cc(C2CC2)nc(-c2cc(Br)cs2)n1. The first kappa shape index (κ1) is 11.1. The number of nitrogens with one attached hydrogen (secondary N) is 1. The Morgan fingerprint density at radius 3 is 2.76 bits per heavy atom. The smallest absolute Gasteiger partial charge is 0.171 e. The molecule has 17 heavy (non-hydrogen) atoms. The fourth-order valence-corrected chi connectivity index (χ4v) is 3.03. The number of nitrogens with zero attached hydrogens (tertiary/aromatic N) is 2. The van der Waals surface area contributed by atoms with Gasteiger partial charge in [0.2, 0.25) is 0 Å². The van der Waals surface area contributed by atoms with Crippen LogP contribution < -0.4 is 11.3 Å². The predicted octanol–water partition coefficient (Wildman–Crippen LogP) is 3.13. The normalized spacial score (nSPS) is 14.9. The Hall–Kier alpha value is -0.980. The molecule has 0 aromatic carbocycles. The Balaban J connectivity index is 2.05. The lowest BCUT2D eigenvalue weighted by atomic mass is 10.2. The molecule has 0 amide bonds. The van der Waals surface area contributed by atoms with E-state index in [0.29, 0.717) is 11.7 Å². The van der Waals surface area contributed by atoms with Crippen LogP contribution in [-0.4, -0.2) is 9.97 Å². The van der Waals surface area contributed by atoms with Crippen LogP contribution in [0, 0.1) is 0 Å². The van der Waals surface area contributed by atoms with Crippen molar-refractivity contribution in [1.82, 2.24) is 9.97 Å². The minimum atomic E-state index is 0.590. The van der Waals surface area contributed by atoms with E-state index in [1.54, 1.807) is 11.3 Å². The number of hydrazine groups is 1. The van der Waals surface area contributed by atoms with E-state index in [-0.39, 0.29) is 0 Å². The van der Waals surface area contributed by atoms with Crippen molar-refractivity contribution in [2.75, 3.05) is 5.43 Å². The van der Waals surface area contributed by atoms with E-state index in [4.69, 9.17) is 5.84 Å². The molecule has 3 rings (SSSR count). The molecule has 2 heterocycles. The Labute approximate surface area is 111 Å². The summed E-state index contributed by atoms with van der Waals surface area (Å²) in [5.74, 6) is 7.47. The summed E-state index contributed by atoms with van der Waals surface area (Å²) in [5.41, 5.74) is 3.70. The first-order valence-corrected chi connectivity index (χ1v) is 7.03. The first-order chi connectivity index (χ1) is 8.26. The quantitative estimate of drug-likeness (QED) is 0.675. The molecule has 6 heteroatoms. The van der Waals surface area contributed by atoms with Crippen LogP contribution in [-0.2, 0) is 0 Å². The van der Waals surface area contributed by atoms with Gasteiger partial charge in [-0.2, -0.15) is 0 Å². The summed E-state index contributed by atoms with van der Waals surface area (Å²) in [6.07, 6.45) is 2.43. The average molecular weight is 311 g/mol. The standard InChI is InChI=1S/C11H11BrN4S/c12-7-3-9(17-5-7)11-14-8(6-1-2-6)4-10(15-11)16-13/h3-6H,1-2,13H2,(H,14,15,16). The van der Waals surface area contributed by atoms with Crippen molar-refractivity contribution in [2.45, 2.75) is 18.8 Å². The van der Waals surface area contributed by atoms with Gasteiger partial charge in [0.05, 0.1) is 4.88 Å². The van der Waals surface area contributed by atoms with E-state index in [0.717, 1.165) is 20.9 Å². The average Bonchev–Trinajstić information content (AvgIpc) is 3.11. The zero-order chi connectivity index (χ0) is 11.8. The van der Waals surface area contributed by atoms with Crippen molar-refractivity contribution in [1.29, 1.82) is 0 Å². The largest absolute Gasteiger partial charge is 0.308 e. The highest BCUT2D eigenvalue weighted by Crippen LogP contribution is 2.40. The molecule has 4 nitrogen and oxygen atoms in total. The lowest BCUT2D eigenvalue weighted by Gasteiger charge is -2.05. The summed E-state index contributed by atoms with van der Waals surface area (Å²) in [6, 6.07) is 3.96. The topological polar surface area (TPSA) is 63.8 Å².